The van der Waals surface area contributed by atoms with Crippen LogP contribution in [-0.2, 0) is 10.2 Å². The topological polar surface area (TPSA) is 41.6 Å². The van der Waals surface area contributed by atoms with E-state index in [-0.39, 0.29) is 5.91 Å². The Morgan fingerprint density at radius 1 is 1.06 bits per heavy atom. The van der Waals surface area contributed by atoms with Gasteiger partial charge in [-0.15, -0.1) is 0 Å². The van der Waals surface area contributed by atoms with E-state index in [1.54, 1.807) is 0 Å². The van der Waals surface area contributed by atoms with Crippen LogP contribution in [0.25, 0.3) is 0 Å². The van der Waals surface area contributed by atoms with Crippen LogP contribution in [0.15, 0.2) is 48.5 Å². The first-order chi connectivity index (χ1) is 16.1. The lowest BCUT2D eigenvalue weighted by Crippen LogP contribution is -2.42. The van der Waals surface area contributed by atoms with Gasteiger partial charge in [-0.3, -0.25) is 4.79 Å². The highest BCUT2D eigenvalue weighted by molar-refractivity contribution is 6.31. The Kier molecular flexibility index (Phi) is 8.32. The van der Waals surface area contributed by atoms with E-state index in [0.29, 0.717) is 17.7 Å². The highest BCUT2D eigenvalue weighted by Crippen LogP contribution is 2.43. The van der Waals surface area contributed by atoms with E-state index in [4.69, 9.17) is 16.3 Å². The van der Waals surface area contributed by atoms with E-state index in [1.807, 2.05) is 48.5 Å². The zero-order chi connectivity index (χ0) is 23.1. The minimum absolute atomic E-state index is 0.0413. The van der Waals surface area contributed by atoms with Gasteiger partial charge in [0.25, 0.3) is 0 Å². The summed E-state index contributed by atoms with van der Waals surface area (Å²) < 4.78 is 5.96. The number of nitrogens with one attached hydrogen (secondary N) is 1. The first kappa shape index (κ1) is 24.1. The van der Waals surface area contributed by atoms with Crippen LogP contribution in [0.1, 0.15) is 70.3 Å². The number of halogens is 1. The van der Waals surface area contributed by atoms with Gasteiger partial charge in [-0.05, 0) is 81.5 Å². The smallest absolute Gasteiger partial charge is 0.235 e. The minimum atomic E-state index is -0.558. The average Bonchev–Trinajstić information content (AvgIpc) is 2.84. The van der Waals surface area contributed by atoms with Gasteiger partial charge >= 0.3 is 0 Å². The number of ether oxygens (including phenoxy) is 1. The third kappa shape index (κ3) is 5.91. The second-order valence-electron chi connectivity index (χ2n) is 9.68. The molecule has 5 heteroatoms. The number of benzene rings is 2. The molecule has 0 aromatic heterocycles. The maximum atomic E-state index is 13.5. The number of amides is 1. The Balaban J connectivity index is 1.33. The molecule has 1 saturated carbocycles. The Bertz CT molecular complexity index is 908. The molecule has 2 fully saturated rings. The van der Waals surface area contributed by atoms with Crippen molar-refractivity contribution in [3.63, 3.8) is 0 Å². The fourth-order valence-electron chi connectivity index (χ4n) is 5.46. The van der Waals surface area contributed by atoms with Crippen molar-refractivity contribution in [3.05, 3.63) is 59.1 Å². The largest absolute Gasteiger partial charge is 0.494 e. The van der Waals surface area contributed by atoms with Crippen LogP contribution in [0.4, 0.5) is 5.69 Å². The molecule has 2 aromatic rings. The monoisotopic (exact) mass is 468 g/mol. The van der Waals surface area contributed by atoms with Gasteiger partial charge in [0.1, 0.15) is 5.75 Å². The molecule has 1 saturated heterocycles. The molecule has 1 aliphatic carbocycles. The number of piperidine rings is 1. The summed E-state index contributed by atoms with van der Waals surface area (Å²) in [5.41, 5.74) is 1.19. The van der Waals surface area contributed by atoms with Gasteiger partial charge in [0, 0.05) is 23.3 Å². The van der Waals surface area contributed by atoms with Crippen molar-refractivity contribution in [3.8, 4) is 5.75 Å². The van der Waals surface area contributed by atoms with E-state index >= 15 is 0 Å². The Morgan fingerprint density at radius 3 is 2.55 bits per heavy atom. The number of hydrogen-bond acceptors (Lipinski definition) is 3. The summed E-state index contributed by atoms with van der Waals surface area (Å²) in [5, 5.41) is 3.84. The lowest BCUT2D eigenvalue weighted by atomic mass is 9.68. The van der Waals surface area contributed by atoms with Crippen molar-refractivity contribution in [2.24, 2.45) is 0 Å². The molecule has 0 spiro atoms. The van der Waals surface area contributed by atoms with E-state index in [1.165, 1.54) is 32.2 Å². The van der Waals surface area contributed by atoms with Crippen molar-refractivity contribution in [1.29, 1.82) is 0 Å². The first-order valence-corrected chi connectivity index (χ1v) is 13.0. The predicted molar refractivity (Wildman–Crippen MR) is 136 cm³/mol. The molecule has 4 nitrogen and oxygen atoms in total. The highest BCUT2D eigenvalue weighted by atomic mass is 35.5. The predicted octanol–water partition coefficient (Wildman–Crippen LogP) is 6.82. The minimum Gasteiger partial charge on any atom is -0.494 e. The van der Waals surface area contributed by atoms with Crippen LogP contribution in [0, 0.1) is 0 Å². The molecule has 2 aliphatic rings. The molecule has 0 radical (unpaired) electrons. The van der Waals surface area contributed by atoms with E-state index in [0.717, 1.165) is 55.6 Å². The maximum absolute atomic E-state index is 13.5. The van der Waals surface area contributed by atoms with Crippen molar-refractivity contribution >= 4 is 23.2 Å². The number of nitrogens with zero attached hydrogens (tertiary/aromatic N) is 1. The molecule has 33 heavy (non-hydrogen) atoms. The fourth-order valence-corrected chi connectivity index (χ4v) is 5.77. The summed E-state index contributed by atoms with van der Waals surface area (Å²) in [5.74, 6) is 0.887. The van der Waals surface area contributed by atoms with Crippen LogP contribution in [0.3, 0.4) is 0 Å². The average molecular weight is 469 g/mol. The third-order valence-corrected chi connectivity index (χ3v) is 7.77. The zero-order valence-electron chi connectivity index (χ0n) is 19.8. The molecule has 1 atom stereocenters. The summed E-state index contributed by atoms with van der Waals surface area (Å²) in [6, 6.07) is 16.2. The number of hydrogen-bond donors (Lipinski definition) is 1. The number of anilines is 1. The number of carbonyl (C=O) groups is 1. The Hall–Kier alpha value is -2.04. The molecule has 1 N–H and O–H groups in total. The van der Waals surface area contributed by atoms with Crippen molar-refractivity contribution in [2.75, 3.05) is 25.0 Å². The highest BCUT2D eigenvalue weighted by Gasteiger charge is 2.42. The maximum Gasteiger partial charge on any atom is 0.235 e. The van der Waals surface area contributed by atoms with Gasteiger partial charge in [-0.1, -0.05) is 55.5 Å². The van der Waals surface area contributed by atoms with Crippen LogP contribution in [0.2, 0.25) is 5.02 Å². The van der Waals surface area contributed by atoms with Gasteiger partial charge in [-0.2, -0.15) is 0 Å². The lowest BCUT2D eigenvalue weighted by molar-refractivity contribution is -0.122. The second kappa shape index (κ2) is 11.4. The second-order valence-corrected chi connectivity index (χ2v) is 10.1. The molecule has 0 bridgehead atoms. The summed E-state index contributed by atoms with van der Waals surface area (Å²) >= 11 is 6.53. The van der Waals surface area contributed by atoms with Crippen LogP contribution >= 0.6 is 11.6 Å². The van der Waals surface area contributed by atoms with E-state index in [9.17, 15) is 4.79 Å². The Labute approximate surface area is 203 Å². The number of likely N-dealkylation sites (tertiary alicyclic amines) is 1. The molecule has 0 unspecified atom stereocenters. The van der Waals surface area contributed by atoms with E-state index < -0.39 is 5.41 Å². The molecule has 2 aromatic carbocycles. The first-order valence-electron chi connectivity index (χ1n) is 12.6. The SMILES string of the molecule is C[C@H]1CCCCN1CCCOc1ccc(NC(=O)C2(c3ccccc3Cl)CCCCC2)cc1. The quantitative estimate of drug-likeness (QED) is 0.432. The van der Waals surface area contributed by atoms with Crippen LogP contribution < -0.4 is 10.1 Å². The number of rotatable bonds is 8. The standard InChI is InChI=1S/C28H37ClN2O2/c1-22-10-5-8-19-31(22)20-9-21-33-24-15-13-23(14-16-24)30-27(32)28(17-6-2-7-18-28)25-11-3-4-12-26(25)29/h3-4,11-16,22H,2,5-10,17-21H2,1H3,(H,30,32)/t22-/m0/s1. The molecule has 1 heterocycles. The van der Waals surface area contributed by atoms with E-state index in [2.05, 4.69) is 17.1 Å². The molecular weight excluding hydrogens is 432 g/mol. The zero-order valence-corrected chi connectivity index (χ0v) is 20.6. The normalized spacial score (nSPS) is 20.8. The molecule has 4 rings (SSSR count). The van der Waals surface area contributed by atoms with Gasteiger partial charge in [0.2, 0.25) is 5.91 Å². The van der Waals surface area contributed by atoms with Crippen LogP contribution in [0.5, 0.6) is 5.75 Å². The molecule has 178 valence electrons. The van der Waals surface area contributed by atoms with Gasteiger partial charge < -0.3 is 15.0 Å². The Morgan fingerprint density at radius 2 is 1.82 bits per heavy atom. The number of carbonyl (C=O) groups excluding carboxylic acids is 1. The fraction of sp³-hybridized carbons (Fsp3) is 0.536. The summed E-state index contributed by atoms with van der Waals surface area (Å²) in [6.07, 6.45) is 9.94. The summed E-state index contributed by atoms with van der Waals surface area (Å²) in [4.78, 5) is 16.1. The third-order valence-electron chi connectivity index (χ3n) is 7.44. The van der Waals surface area contributed by atoms with Gasteiger partial charge in [0.15, 0.2) is 0 Å². The summed E-state index contributed by atoms with van der Waals surface area (Å²) in [7, 11) is 0. The van der Waals surface area contributed by atoms with Gasteiger partial charge in [-0.25, -0.2) is 0 Å². The summed E-state index contributed by atoms with van der Waals surface area (Å²) in [6.45, 7) is 5.35. The van der Waals surface area contributed by atoms with Gasteiger partial charge in [0.05, 0.1) is 12.0 Å². The lowest BCUT2D eigenvalue weighted by Gasteiger charge is -2.37. The molecule has 1 amide bonds. The van der Waals surface area contributed by atoms with Crippen LogP contribution in [-0.4, -0.2) is 36.5 Å². The molecular formula is C28H37ClN2O2. The van der Waals surface area contributed by atoms with Crippen molar-refractivity contribution in [1.82, 2.24) is 4.90 Å². The molecule has 1 aliphatic heterocycles. The van der Waals surface area contributed by atoms with Crippen molar-refractivity contribution in [2.45, 2.75) is 76.2 Å². The van der Waals surface area contributed by atoms with Crippen molar-refractivity contribution < 1.29 is 9.53 Å².